The fourth-order valence-electron chi connectivity index (χ4n) is 2.06. The van der Waals surface area contributed by atoms with Gasteiger partial charge in [-0.15, -0.1) is 0 Å². The van der Waals surface area contributed by atoms with E-state index in [9.17, 15) is 4.39 Å². The van der Waals surface area contributed by atoms with Gasteiger partial charge in [0.2, 0.25) is 0 Å². The van der Waals surface area contributed by atoms with Gasteiger partial charge in [0.1, 0.15) is 17.3 Å². The van der Waals surface area contributed by atoms with Crippen LogP contribution >= 0.6 is 0 Å². The number of hydrogen-bond donors (Lipinski definition) is 1. The summed E-state index contributed by atoms with van der Waals surface area (Å²) in [5.74, 6) is 1.12. The molecule has 0 spiro atoms. The summed E-state index contributed by atoms with van der Waals surface area (Å²) < 4.78 is 23.8. The SMILES string of the molecule is COc1cc(OC)cc(C(N)c2ccc(F)c(C)c2)c1. The molecule has 0 radical (unpaired) electrons. The van der Waals surface area contributed by atoms with Crippen LogP contribution in [0.25, 0.3) is 0 Å². The van der Waals surface area contributed by atoms with Crippen LogP contribution in [0.3, 0.4) is 0 Å². The molecule has 0 bridgehead atoms. The van der Waals surface area contributed by atoms with Crippen molar-refractivity contribution in [2.75, 3.05) is 14.2 Å². The molecule has 106 valence electrons. The van der Waals surface area contributed by atoms with Crippen LogP contribution in [0.4, 0.5) is 4.39 Å². The molecule has 1 atom stereocenters. The standard InChI is InChI=1S/C16H18FNO2/c1-10-6-11(4-5-15(10)17)16(18)12-7-13(19-2)9-14(8-12)20-3/h4-9,16H,18H2,1-3H3. The number of methoxy groups -OCH3 is 2. The predicted octanol–water partition coefficient (Wildman–Crippen LogP) is 3.20. The average Bonchev–Trinajstić information content (AvgIpc) is 2.48. The van der Waals surface area contributed by atoms with Gasteiger partial charge >= 0.3 is 0 Å². The minimum Gasteiger partial charge on any atom is -0.497 e. The second kappa shape index (κ2) is 5.92. The molecule has 2 aromatic carbocycles. The quantitative estimate of drug-likeness (QED) is 0.932. The summed E-state index contributed by atoms with van der Waals surface area (Å²) in [5, 5.41) is 0. The Bertz CT molecular complexity index is 591. The zero-order valence-corrected chi connectivity index (χ0v) is 11.8. The van der Waals surface area contributed by atoms with Crippen molar-refractivity contribution in [2.45, 2.75) is 13.0 Å². The molecule has 0 aliphatic heterocycles. The van der Waals surface area contributed by atoms with Gasteiger partial charge in [0.05, 0.1) is 20.3 Å². The number of rotatable bonds is 4. The van der Waals surface area contributed by atoms with Crippen molar-refractivity contribution in [1.82, 2.24) is 0 Å². The van der Waals surface area contributed by atoms with Crippen LogP contribution in [-0.2, 0) is 0 Å². The number of hydrogen-bond acceptors (Lipinski definition) is 3. The van der Waals surface area contributed by atoms with Gasteiger partial charge in [-0.1, -0.05) is 12.1 Å². The van der Waals surface area contributed by atoms with E-state index in [4.69, 9.17) is 15.2 Å². The molecule has 0 aliphatic carbocycles. The van der Waals surface area contributed by atoms with Crippen molar-refractivity contribution >= 4 is 0 Å². The molecule has 20 heavy (non-hydrogen) atoms. The fourth-order valence-corrected chi connectivity index (χ4v) is 2.06. The van der Waals surface area contributed by atoms with Gasteiger partial charge in [-0.3, -0.25) is 0 Å². The molecule has 0 saturated heterocycles. The first-order chi connectivity index (χ1) is 9.55. The highest BCUT2D eigenvalue weighted by molar-refractivity contribution is 5.43. The van der Waals surface area contributed by atoms with Gasteiger partial charge in [0.25, 0.3) is 0 Å². The smallest absolute Gasteiger partial charge is 0.126 e. The molecule has 0 aromatic heterocycles. The maximum Gasteiger partial charge on any atom is 0.126 e. The predicted molar refractivity (Wildman–Crippen MR) is 76.7 cm³/mol. The molecule has 0 fully saturated rings. The highest BCUT2D eigenvalue weighted by Gasteiger charge is 2.13. The number of halogens is 1. The minimum atomic E-state index is -0.363. The number of aryl methyl sites for hydroxylation is 1. The molecule has 0 saturated carbocycles. The van der Waals surface area contributed by atoms with Crippen molar-refractivity contribution in [3.05, 3.63) is 58.9 Å². The van der Waals surface area contributed by atoms with E-state index in [1.54, 1.807) is 39.3 Å². The van der Waals surface area contributed by atoms with Gasteiger partial charge in [0, 0.05) is 6.07 Å². The molecule has 0 amide bonds. The van der Waals surface area contributed by atoms with E-state index >= 15 is 0 Å². The average molecular weight is 275 g/mol. The zero-order chi connectivity index (χ0) is 14.7. The number of nitrogens with two attached hydrogens (primary N) is 1. The monoisotopic (exact) mass is 275 g/mol. The third kappa shape index (κ3) is 2.91. The molecule has 2 rings (SSSR count). The minimum absolute atomic E-state index is 0.232. The first-order valence-corrected chi connectivity index (χ1v) is 6.29. The lowest BCUT2D eigenvalue weighted by Gasteiger charge is -2.16. The Labute approximate surface area is 118 Å². The van der Waals surface area contributed by atoms with E-state index in [1.165, 1.54) is 6.07 Å². The van der Waals surface area contributed by atoms with E-state index in [0.29, 0.717) is 17.1 Å². The lowest BCUT2D eigenvalue weighted by Crippen LogP contribution is -2.12. The highest BCUT2D eigenvalue weighted by Crippen LogP contribution is 2.29. The van der Waals surface area contributed by atoms with Crippen LogP contribution in [0.5, 0.6) is 11.5 Å². The van der Waals surface area contributed by atoms with Crippen molar-refractivity contribution < 1.29 is 13.9 Å². The van der Waals surface area contributed by atoms with Crippen molar-refractivity contribution in [3.63, 3.8) is 0 Å². The van der Waals surface area contributed by atoms with E-state index in [1.807, 2.05) is 12.1 Å². The molecule has 2 aromatic rings. The molecule has 1 unspecified atom stereocenters. The maximum atomic E-state index is 13.3. The Morgan fingerprint density at radius 1 is 0.950 bits per heavy atom. The summed E-state index contributed by atoms with van der Waals surface area (Å²) in [4.78, 5) is 0. The number of ether oxygens (including phenoxy) is 2. The Morgan fingerprint density at radius 3 is 2.05 bits per heavy atom. The normalized spacial score (nSPS) is 12.1. The Hall–Kier alpha value is -2.07. The molecular formula is C16H18FNO2. The van der Waals surface area contributed by atoms with Crippen molar-refractivity contribution in [1.29, 1.82) is 0 Å². The Kier molecular flexibility index (Phi) is 4.25. The third-order valence-corrected chi connectivity index (χ3v) is 3.27. The summed E-state index contributed by atoms with van der Waals surface area (Å²) in [7, 11) is 3.18. The second-order valence-electron chi connectivity index (χ2n) is 4.63. The van der Waals surface area contributed by atoms with Crippen molar-refractivity contribution in [2.24, 2.45) is 5.73 Å². The van der Waals surface area contributed by atoms with E-state index < -0.39 is 0 Å². The third-order valence-electron chi connectivity index (χ3n) is 3.27. The molecule has 2 N–H and O–H groups in total. The summed E-state index contributed by atoms with van der Waals surface area (Å²) in [6.07, 6.45) is 0. The molecule has 0 aliphatic rings. The lowest BCUT2D eigenvalue weighted by molar-refractivity contribution is 0.393. The molecule has 4 heteroatoms. The molecule has 0 heterocycles. The topological polar surface area (TPSA) is 44.5 Å². The maximum absolute atomic E-state index is 13.3. The van der Waals surface area contributed by atoms with Crippen LogP contribution in [-0.4, -0.2) is 14.2 Å². The number of benzene rings is 2. The highest BCUT2D eigenvalue weighted by atomic mass is 19.1. The first kappa shape index (κ1) is 14.3. The largest absolute Gasteiger partial charge is 0.497 e. The van der Waals surface area contributed by atoms with E-state index in [-0.39, 0.29) is 11.9 Å². The molecular weight excluding hydrogens is 257 g/mol. The van der Waals surface area contributed by atoms with Crippen LogP contribution in [0.2, 0.25) is 0 Å². The van der Waals surface area contributed by atoms with Crippen LogP contribution in [0.1, 0.15) is 22.7 Å². The van der Waals surface area contributed by atoms with Crippen molar-refractivity contribution in [3.8, 4) is 11.5 Å². The van der Waals surface area contributed by atoms with E-state index in [0.717, 1.165) is 11.1 Å². The molecule has 3 nitrogen and oxygen atoms in total. The summed E-state index contributed by atoms with van der Waals surface area (Å²) in [6, 6.07) is 10.0. The van der Waals surface area contributed by atoms with Crippen LogP contribution in [0.15, 0.2) is 36.4 Å². The fraction of sp³-hybridized carbons (Fsp3) is 0.250. The Morgan fingerprint density at radius 2 is 1.55 bits per heavy atom. The summed E-state index contributed by atoms with van der Waals surface area (Å²) >= 11 is 0. The lowest BCUT2D eigenvalue weighted by atomic mass is 9.97. The van der Waals surface area contributed by atoms with Gasteiger partial charge in [-0.2, -0.15) is 0 Å². The van der Waals surface area contributed by atoms with Gasteiger partial charge in [-0.25, -0.2) is 4.39 Å². The first-order valence-electron chi connectivity index (χ1n) is 6.29. The van der Waals surface area contributed by atoms with Crippen LogP contribution in [0, 0.1) is 12.7 Å². The zero-order valence-electron chi connectivity index (χ0n) is 11.8. The van der Waals surface area contributed by atoms with Gasteiger partial charge < -0.3 is 15.2 Å². The summed E-state index contributed by atoms with van der Waals surface area (Å²) in [6.45, 7) is 1.72. The summed E-state index contributed by atoms with van der Waals surface area (Å²) in [5.41, 5.74) is 8.53. The van der Waals surface area contributed by atoms with Gasteiger partial charge in [-0.05, 0) is 41.8 Å². The van der Waals surface area contributed by atoms with E-state index in [2.05, 4.69) is 0 Å². The van der Waals surface area contributed by atoms with Gasteiger partial charge in [0.15, 0.2) is 0 Å². The second-order valence-corrected chi connectivity index (χ2v) is 4.63. The Balaban J connectivity index is 2.41. The van der Waals surface area contributed by atoms with Crippen LogP contribution < -0.4 is 15.2 Å².